The van der Waals surface area contributed by atoms with E-state index in [2.05, 4.69) is 5.32 Å². The number of primary amides is 1. The van der Waals surface area contributed by atoms with Crippen LogP contribution in [-0.4, -0.2) is 22.9 Å². The summed E-state index contributed by atoms with van der Waals surface area (Å²) in [5.41, 5.74) is 5.60. The lowest BCUT2D eigenvalue weighted by molar-refractivity contribution is -0.138. The molecular weight excluding hydrogens is 260 g/mol. The van der Waals surface area contributed by atoms with Crippen molar-refractivity contribution in [3.8, 4) is 0 Å². The highest BCUT2D eigenvalue weighted by molar-refractivity contribution is 6.34. The van der Waals surface area contributed by atoms with E-state index in [0.717, 1.165) is 0 Å². The number of carbonyl (C=O) groups is 3. The second-order valence-electron chi connectivity index (χ2n) is 3.50. The number of nitrogens with one attached hydrogen (secondary N) is 1. The first-order valence-corrected chi connectivity index (χ1v) is 5.39. The molecule has 0 aromatic heterocycles. The van der Waals surface area contributed by atoms with Crippen molar-refractivity contribution in [2.45, 2.75) is 12.8 Å². The summed E-state index contributed by atoms with van der Waals surface area (Å²) < 4.78 is 0. The molecular formula is C11H11ClN2O4. The lowest BCUT2D eigenvalue weighted by atomic mass is 10.2. The van der Waals surface area contributed by atoms with Gasteiger partial charge in [0.15, 0.2) is 0 Å². The third kappa shape index (κ3) is 4.06. The predicted octanol–water partition coefficient (Wildman–Crippen LogP) is 1.24. The highest BCUT2D eigenvalue weighted by Gasteiger charge is 2.09. The van der Waals surface area contributed by atoms with Gasteiger partial charge in [-0.25, -0.2) is 0 Å². The molecule has 0 saturated carbocycles. The van der Waals surface area contributed by atoms with Crippen LogP contribution in [0.4, 0.5) is 5.69 Å². The molecule has 2 amide bonds. The second kappa shape index (κ2) is 6.02. The number of anilines is 1. The van der Waals surface area contributed by atoms with E-state index in [1.807, 2.05) is 0 Å². The van der Waals surface area contributed by atoms with Crippen LogP contribution in [0.5, 0.6) is 0 Å². The number of halogens is 1. The van der Waals surface area contributed by atoms with Gasteiger partial charge in [0.1, 0.15) is 0 Å². The Morgan fingerprint density at radius 2 is 1.94 bits per heavy atom. The summed E-state index contributed by atoms with van der Waals surface area (Å²) in [6.45, 7) is 0. The molecule has 0 aliphatic rings. The number of nitrogens with two attached hydrogens (primary N) is 1. The minimum Gasteiger partial charge on any atom is -0.481 e. The first-order chi connectivity index (χ1) is 8.40. The van der Waals surface area contributed by atoms with Crippen LogP contribution in [0.2, 0.25) is 5.02 Å². The van der Waals surface area contributed by atoms with Crippen molar-refractivity contribution in [2.24, 2.45) is 5.73 Å². The minimum absolute atomic E-state index is 0.124. The molecule has 0 heterocycles. The van der Waals surface area contributed by atoms with Gasteiger partial charge in [-0.15, -0.1) is 0 Å². The van der Waals surface area contributed by atoms with Crippen LogP contribution in [0.3, 0.4) is 0 Å². The topological polar surface area (TPSA) is 109 Å². The number of hydrogen-bond donors (Lipinski definition) is 3. The summed E-state index contributed by atoms with van der Waals surface area (Å²) in [4.78, 5) is 32.5. The SMILES string of the molecule is NC(=O)c1ccc(NC(=O)CCC(=O)O)cc1Cl. The van der Waals surface area contributed by atoms with Gasteiger partial charge in [0.05, 0.1) is 17.0 Å². The zero-order valence-electron chi connectivity index (χ0n) is 9.27. The zero-order chi connectivity index (χ0) is 13.7. The number of amides is 2. The maximum Gasteiger partial charge on any atom is 0.303 e. The number of aliphatic carboxylic acids is 1. The van der Waals surface area contributed by atoms with Crippen molar-refractivity contribution >= 4 is 35.1 Å². The molecule has 7 heteroatoms. The van der Waals surface area contributed by atoms with E-state index in [4.69, 9.17) is 22.4 Å². The summed E-state index contributed by atoms with van der Waals surface area (Å²) in [5.74, 6) is -2.16. The fourth-order valence-corrected chi connectivity index (χ4v) is 1.51. The number of rotatable bonds is 5. The van der Waals surface area contributed by atoms with E-state index in [1.165, 1.54) is 18.2 Å². The van der Waals surface area contributed by atoms with Crippen molar-refractivity contribution in [2.75, 3.05) is 5.32 Å². The van der Waals surface area contributed by atoms with E-state index < -0.39 is 17.8 Å². The Hall–Kier alpha value is -2.08. The second-order valence-corrected chi connectivity index (χ2v) is 3.91. The van der Waals surface area contributed by atoms with Gasteiger partial charge in [-0.05, 0) is 18.2 Å². The molecule has 0 unspecified atom stereocenters. The van der Waals surface area contributed by atoms with Gasteiger partial charge in [-0.3, -0.25) is 14.4 Å². The van der Waals surface area contributed by atoms with Crippen molar-refractivity contribution in [1.82, 2.24) is 0 Å². The molecule has 0 radical (unpaired) electrons. The minimum atomic E-state index is -1.05. The molecule has 18 heavy (non-hydrogen) atoms. The molecule has 1 aromatic carbocycles. The molecule has 0 fully saturated rings. The predicted molar refractivity (Wildman–Crippen MR) is 65.5 cm³/mol. The standard InChI is InChI=1S/C11H11ClN2O4/c12-8-5-6(1-2-7(8)11(13)18)14-9(15)3-4-10(16)17/h1-2,5H,3-4H2,(H2,13,18)(H,14,15)(H,16,17). The first kappa shape index (κ1) is 14.0. The molecule has 0 bridgehead atoms. The maximum atomic E-state index is 11.3. The Kier molecular flexibility index (Phi) is 4.67. The van der Waals surface area contributed by atoms with E-state index in [0.29, 0.717) is 5.69 Å². The number of carboxylic acids is 1. The van der Waals surface area contributed by atoms with Gasteiger partial charge in [0, 0.05) is 12.1 Å². The van der Waals surface area contributed by atoms with Gasteiger partial charge < -0.3 is 16.2 Å². The van der Waals surface area contributed by atoms with Crippen molar-refractivity contribution in [1.29, 1.82) is 0 Å². The normalized spacial score (nSPS) is 9.83. The summed E-state index contributed by atoms with van der Waals surface area (Å²) >= 11 is 5.79. The smallest absolute Gasteiger partial charge is 0.303 e. The summed E-state index contributed by atoms with van der Waals surface area (Å²) in [7, 11) is 0. The van der Waals surface area contributed by atoms with Crippen LogP contribution < -0.4 is 11.1 Å². The Labute approximate surface area is 108 Å². The fraction of sp³-hybridized carbons (Fsp3) is 0.182. The number of carbonyl (C=O) groups excluding carboxylic acids is 2. The van der Waals surface area contributed by atoms with Gasteiger partial charge in [-0.1, -0.05) is 11.6 Å². The van der Waals surface area contributed by atoms with Crippen molar-refractivity contribution in [3.63, 3.8) is 0 Å². The molecule has 96 valence electrons. The largest absolute Gasteiger partial charge is 0.481 e. The van der Waals surface area contributed by atoms with E-state index in [-0.39, 0.29) is 23.4 Å². The quantitative estimate of drug-likeness (QED) is 0.748. The maximum absolute atomic E-state index is 11.3. The lowest BCUT2D eigenvalue weighted by Crippen LogP contribution is -2.14. The molecule has 4 N–H and O–H groups in total. The van der Waals surface area contributed by atoms with E-state index in [9.17, 15) is 14.4 Å². The van der Waals surface area contributed by atoms with Crippen LogP contribution in [0, 0.1) is 0 Å². The Bertz CT molecular complexity index is 502. The van der Waals surface area contributed by atoms with Crippen LogP contribution in [0.15, 0.2) is 18.2 Å². The Balaban J connectivity index is 2.69. The van der Waals surface area contributed by atoms with Gasteiger partial charge in [0.2, 0.25) is 11.8 Å². The highest BCUT2D eigenvalue weighted by atomic mass is 35.5. The first-order valence-electron chi connectivity index (χ1n) is 5.01. The van der Waals surface area contributed by atoms with Crippen molar-refractivity contribution in [3.05, 3.63) is 28.8 Å². The fourth-order valence-electron chi connectivity index (χ4n) is 1.24. The third-order valence-corrected chi connectivity index (χ3v) is 2.40. The molecule has 0 saturated heterocycles. The highest BCUT2D eigenvalue weighted by Crippen LogP contribution is 2.20. The van der Waals surface area contributed by atoms with Crippen LogP contribution >= 0.6 is 11.6 Å². The molecule has 6 nitrogen and oxygen atoms in total. The Morgan fingerprint density at radius 3 is 2.44 bits per heavy atom. The van der Waals surface area contributed by atoms with Gasteiger partial charge >= 0.3 is 5.97 Å². The number of hydrogen-bond acceptors (Lipinski definition) is 3. The van der Waals surface area contributed by atoms with E-state index in [1.54, 1.807) is 0 Å². The zero-order valence-corrected chi connectivity index (χ0v) is 10.0. The average Bonchev–Trinajstić information content (AvgIpc) is 2.26. The summed E-state index contributed by atoms with van der Waals surface area (Å²) in [6, 6.07) is 4.22. The van der Waals surface area contributed by atoms with Crippen LogP contribution in [-0.2, 0) is 9.59 Å². The molecule has 1 rings (SSSR count). The molecule has 0 spiro atoms. The molecule has 1 aromatic rings. The molecule has 0 aliphatic carbocycles. The summed E-state index contributed by atoms with van der Waals surface area (Å²) in [6.07, 6.45) is -0.385. The van der Waals surface area contributed by atoms with Gasteiger partial charge in [-0.2, -0.15) is 0 Å². The van der Waals surface area contributed by atoms with Gasteiger partial charge in [0.25, 0.3) is 0 Å². The number of carboxylic acid groups (broad SMARTS) is 1. The van der Waals surface area contributed by atoms with E-state index >= 15 is 0 Å². The van der Waals surface area contributed by atoms with Crippen LogP contribution in [0.25, 0.3) is 0 Å². The average molecular weight is 271 g/mol. The summed E-state index contributed by atoms with van der Waals surface area (Å²) in [5, 5.41) is 11.0. The Morgan fingerprint density at radius 1 is 1.28 bits per heavy atom. The van der Waals surface area contributed by atoms with Crippen LogP contribution in [0.1, 0.15) is 23.2 Å². The molecule has 0 aliphatic heterocycles. The third-order valence-electron chi connectivity index (χ3n) is 2.08. The molecule has 0 atom stereocenters. The van der Waals surface area contributed by atoms with Crippen molar-refractivity contribution < 1.29 is 19.5 Å². The lowest BCUT2D eigenvalue weighted by Gasteiger charge is -2.06. The number of benzene rings is 1. The monoisotopic (exact) mass is 270 g/mol.